The quantitative estimate of drug-likeness (QED) is 0.610. The molecule has 2 atom stereocenters. The molecule has 33 heavy (non-hydrogen) atoms. The summed E-state index contributed by atoms with van der Waals surface area (Å²) < 4.78 is 1.75. The number of nitrogens with zero attached hydrogens (tertiary/aromatic N) is 5. The molecule has 0 bridgehead atoms. The predicted molar refractivity (Wildman–Crippen MR) is 130 cm³/mol. The highest BCUT2D eigenvalue weighted by Crippen LogP contribution is 2.46. The Morgan fingerprint density at radius 1 is 1.18 bits per heavy atom. The first-order valence-electron chi connectivity index (χ1n) is 11.0. The molecule has 1 saturated heterocycles. The zero-order valence-electron chi connectivity index (χ0n) is 18.7. The lowest BCUT2D eigenvalue weighted by Crippen LogP contribution is -2.46. The number of aromatic nitrogens is 3. The Bertz CT molecular complexity index is 1270. The number of imidazole rings is 1. The fourth-order valence-corrected chi connectivity index (χ4v) is 5.08. The normalized spacial score (nSPS) is 20.7. The maximum atomic E-state index is 12.0. The van der Waals surface area contributed by atoms with Crippen LogP contribution in [-0.4, -0.2) is 62.7 Å². The van der Waals surface area contributed by atoms with Gasteiger partial charge in [0.15, 0.2) is 5.60 Å². The number of aryl methyl sites for hydroxylation is 1. The number of piperazine rings is 1. The van der Waals surface area contributed by atoms with Crippen LogP contribution in [0, 0.1) is 12.3 Å². The molecule has 1 fully saturated rings. The van der Waals surface area contributed by atoms with Crippen molar-refractivity contribution in [1.29, 1.82) is 0 Å². The van der Waals surface area contributed by atoms with E-state index in [-0.39, 0.29) is 6.04 Å². The molecule has 1 aliphatic heterocycles. The van der Waals surface area contributed by atoms with Gasteiger partial charge >= 0.3 is 0 Å². The summed E-state index contributed by atoms with van der Waals surface area (Å²) in [5, 5.41) is 12.5. The third-order valence-electron chi connectivity index (χ3n) is 6.72. The van der Waals surface area contributed by atoms with Gasteiger partial charge in [0.2, 0.25) is 0 Å². The Labute approximate surface area is 199 Å². The summed E-state index contributed by atoms with van der Waals surface area (Å²) in [4.78, 5) is 13.8. The molecule has 1 aromatic carbocycles. The average Bonchev–Trinajstić information content (AvgIpc) is 3.20. The number of hydrogen-bond acceptors (Lipinski definition) is 5. The monoisotopic (exact) mass is 459 g/mol. The number of pyridine rings is 1. The van der Waals surface area contributed by atoms with Crippen LogP contribution in [0.25, 0.3) is 11.6 Å². The molecule has 3 heterocycles. The van der Waals surface area contributed by atoms with Crippen molar-refractivity contribution in [1.82, 2.24) is 24.3 Å². The van der Waals surface area contributed by atoms with Crippen molar-refractivity contribution < 1.29 is 5.11 Å². The lowest BCUT2D eigenvalue weighted by Gasteiger charge is -2.38. The van der Waals surface area contributed by atoms with Crippen LogP contribution in [0.2, 0.25) is 5.02 Å². The van der Waals surface area contributed by atoms with Crippen molar-refractivity contribution in [2.24, 2.45) is 7.05 Å². The molecule has 0 radical (unpaired) electrons. The fraction of sp³-hybridized carbons (Fsp3) is 0.308. The Kier molecular flexibility index (Phi) is 5.59. The van der Waals surface area contributed by atoms with E-state index in [1.54, 1.807) is 17.1 Å². The van der Waals surface area contributed by atoms with Gasteiger partial charge in [-0.2, -0.15) is 0 Å². The van der Waals surface area contributed by atoms with Crippen LogP contribution in [0.3, 0.4) is 0 Å². The maximum absolute atomic E-state index is 12.0. The van der Waals surface area contributed by atoms with Gasteiger partial charge in [-0.05, 0) is 48.0 Å². The molecular formula is C26H26ClN5O. The number of terminal acetylenes is 1. The van der Waals surface area contributed by atoms with Gasteiger partial charge in [-0.15, -0.1) is 6.42 Å². The van der Waals surface area contributed by atoms with Gasteiger partial charge in [0.05, 0.1) is 30.0 Å². The maximum Gasteiger partial charge on any atom is 0.193 e. The highest BCUT2D eigenvalue weighted by atomic mass is 35.5. The van der Waals surface area contributed by atoms with E-state index in [9.17, 15) is 5.11 Å². The number of benzene rings is 1. The van der Waals surface area contributed by atoms with E-state index < -0.39 is 5.60 Å². The Morgan fingerprint density at radius 2 is 1.97 bits per heavy atom. The SMILES string of the molecule is C#C[C@@](O)(C1=Cc2cccnc2C(N2CCN(C)CC2)c2ccc(Cl)cc21)c1cncn1C. The van der Waals surface area contributed by atoms with Crippen LogP contribution in [0.4, 0.5) is 0 Å². The minimum Gasteiger partial charge on any atom is -0.368 e. The molecule has 7 heteroatoms. The number of hydrogen-bond donors (Lipinski definition) is 1. The minimum absolute atomic E-state index is 0.0792. The van der Waals surface area contributed by atoms with E-state index in [2.05, 4.69) is 27.8 Å². The molecule has 2 aromatic heterocycles. The molecule has 3 aromatic rings. The number of likely N-dealkylation sites (N-methyl/N-ethyl adjacent to an activating group) is 1. The van der Waals surface area contributed by atoms with Gasteiger partial charge in [-0.25, -0.2) is 4.98 Å². The lowest BCUT2D eigenvalue weighted by molar-refractivity contribution is 0.125. The first-order valence-corrected chi connectivity index (χ1v) is 11.4. The summed E-state index contributed by atoms with van der Waals surface area (Å²) in [6.45, 7) is 3.78. The Hall–Kier alpha value is -2.95. The number of fused-ring (bicyclic) bond motifs is 2. The molecule has 6 nitrogen and oxygen atoms in total. The first-order chi connectivity index (χ1) is 15.9. The summed E-state index contributed by atoms with van der Waals surface area (Å²) in [7, 11) is 3.97. The lowest BCUT2D eigenvalue weighted by atomic mass is 9.83. The van der Waals surface area contributed by atoms with Crippen molar-refractivity contribution in [3.8, 4) is 12.3 Å². The van der Waals surface area contributed by atoms with Gasteiger partial charge in [0, 0.05) is 50.0 Å². The van der Waals surface area contributed by atoms with Gasteiger partial charge < -0.3 is 14.6 Å². The summed E-state index contributed by atoms with van der Waals surface area (Å²) >= 11 is 6.49. The van der Waals surface area contributed by atoms with Crippen molar-refractivity contribution in [2.45, 2.75) is 11.6 Å². The molecule has 1 N–H and O–H groups in total. The zero-order valence-corrected chi connectivity index (χ0v) is 19.5. The summed E-state index contributed by atoms with van der Waals surface area (Å²) in [5.74, 6) is 2.65. The third-order valence-corrected chi connectivity index (χ3v) is 6.95. The second-order valence-corrected chi connectivity index (χ2v) is 9.19. The average molecular weight is 460 g/mol. The van der Waals surface area contributed by atoms with E-state index >= 15 is 0 Å². The second-order valence-electron chi connectivity index (χ2n) is 8.75. The van der Waals surface area contributed by atoms with Gasteiger partial charge in [-0.1, -0.05) is 29.7 Å². The topological polar surface area (TPSA) is 57.4 Å². The van der Waals surface area contributed by atoms with Gasteiger partial charge in [0.1, 0.15) is 0 Å². The highest BCUT2D eigenvalue weighted by molar-refractivity contribution is 6.30. The van der Waals surface area contributed by atoms with Crippen molar-refractivity contribution in [3.63, 3.8) is 0 Å². The van der Waals surface area contributed by atoms with Crippen molar-refractivity contribution in [2.75, 3.05) is 33.2 Å². The van der Waals surface area contributed by atoms with Crippen LogP contribution in [-0.2, 0) is 12.6 Å². The van der Waals surface area contributed by atoms with E-state index in [4.69, 9.17) is 23.0 Å². The van der Waals surface area contributed by atoms with Crippen LogP contribution in [0.15, 0.2) is 49.1 Å². The van der Waals surface area contributed by atoms with E-state index in [1.165, 1.54) is 0 Å². The molecule has 2 aliphatic rings. The number of aliphatic hydroxyl groups is 1. The zero-order chi connectivity index (χ0) is 23.2. The minimum atomic E-state index is -1.70. The summed E-state index contributed by atoms with van der Waals surface area (Å²) in [6, 6.07) is 9.70. The molecule has 1 unspecified atom stereocenters. The van der Waals surface area contributed by atoms with Crippen LogP contribution in [0.1, 0.15) is 34.1 Å². The van der Waals surface area contributed by atoms with Gasteiger partial charge in [-0.3, -0.25) is 9.88 Å². The van der Waals surface area contributed by atoms with Gasteiger partial charge in [0.25, 0.3) is 0 Å². The van der Waals surface area contributed by atoms with E-state index in [1.807, 2.05) is 49.7 Å². The molecule has 0 amide bonds. The van der Waals surface area contributed by atoms with E-state index in [0.29, 0.717) is 16.3 Å². The molecule has 5 rings (SSSR count). The summed E-state index contributed by atoms with van der Waals surface area (Å²) in [5.41, 5.74) is 3.15. The molecular weight excluding hydrogens is 434 g/mol. The highest BCUT2D eigenvalue weighted by Gasteiger charge is 2.40. The Morgan fingerprint density at radius 3 is 2.67 bits per heavy atom. The smallest absolute Gasteiger partial charge is 0.193 e. The Balaban J connectivity index is 1.78. The summed E-state index contributed by atoms with van der Waals surface area (Å²) in [6.07, 6.45) is 13.0. The van der Waals surface area contributed by atoms with E-state index in [0.717, 1.165) is 48.6 Å². The molecule has 168 valence electrons. The fourth-order valence-electron chi connectivity index (χ4n) is 4.91. The molecule has 1 aliphatic carbocycles. The van der Waals surface area contributed by atoms with Crippen molar-refractivity contribution in [3.05, 3.63) is 82.2 Å². The first kappa shape index (κ1) is 21.9. The van der Waals surface area contributed by atoms with Crippen molar-refractivity contribution >= 4 is 23.3 Å². The molecule has 0 spiro atoms. The standard InChI is InChI=1S/C26H26ClN5O/c1-4-26(33,23-16-28-17-31(23)3)22-14-18-6-5-9-29-24(18)25(32-12-10-30(2)11-13-32)20-8-7-19(27)15-21(20)22/h1,5-9,14-17,25,33H,10-13H2,2-3H3/t25?,26-/m1/s1. The van der Waals surface area contributed by atoms with Crippen LogP contribution < -0.4 is 0 Å². The number of rotatable bonds is 3. The number of halogens is 1. The third kappa shape index (κ3) is 3.68. The molecule has 0 saturated carbocycles. The van der Waals surface area contributed by atoms with Crippen LogP contribution >= 0.6 is 11.6 Å². The second kappa shape index (κ2) is 8.44. The van der Waals surface area contributed by atoms with Crippen LogP contribution in [0.5, 0.6) is 0 Å². The predicted octanol–water partition coefficient (Wildman–Crippen LogP) is 3.18. The largest absolute Gasteiger partial charge is 0.368 e.